The van der Waals surface area contributed by atoms with Crippen molar-refractivity contribution in [2.75, 3.05) is 26.4 Å². The first-order valence-corrected chi connectivity index (χ1v) is 36.2. The summed E-state index contributed by atoms with van der Waals surface area (Å²) in [5.74, 6) is -0.304. The van der Waals surface area contributed by atoms with E-state index in [4.69, 9.17) is 28.4 Å². The summed E-state index contributed by atoms with van der Waals surface area (Å²) < 4.78 is 34.2. The predicted octanol–water partition coefficient (Wildman–Crippen LogP) is 10.5. The zero-order chi connectivity index (χ0) is 70.4. The number of ether oxygens (including phenoxy) is 6. The Morgan fingerprint density at radius 2 is 0.722 bits per heavy atom. The molecule has 3 rings (SSSR count). The van der Waals surface area contributed by atoms with Crippen LogP contribution in [0.4, 0.5) is 0 Å². The van der Waals surface area contributed by atoms with Crippen LogP contribution in [0.2, 0.25) is 0 Å². The molecule has 3 heterocycles. The van der Waals surface area contributed by atoms with Gasteiger partial charge in [0.15, 0.2) is 18.9 Å². The Kier molecular flexibility index (Phi) is 51.0. The second-order valence-electron chi connectivity index (χ2n) is 24.9. The van der Waals surface area contributed by atoms with E-state index in [9.17, 15) is 61.0 Å². The summed E-state index contributed by atoms with van der Waals surface area (Å²) in [6, 6.07) is -1.01. The third-order valence-electron chi connectivity index (χ3n) is 16.8. The van der Waals surface area contributed by atoms with Crippen LogP contribution < -0.4 is 5.32 Å². The van der Waals surface area contributed by atoms with E-state index in [-0.39, 0.29) is 18.9 Å². The van der Waals surface area contributed by atoms with Gasteiger partial charge in [-0.05, 0) is 116 Å². The molecular weight excluding hydrogens is 1240 g/mol. The summed E-state index contributed by atoms with van der Waals surface area (Å²) in [5.41, 5.74) is 0. The highest BCUT2D eigenvalue weighted by atomic mass is 16.8. The minimum absolute atomic E-state index is 0.216. The van der Waals surface area contributed by atoms with Crippen LogP contribution in [0, 0.1) is 0 Å². The van der Waals surface area contributed by atoms with Gasteiger partial charge in [-0.25, -0.2) is 0 Å². The van der Waals surface area contributed by atoms with E-state index in [2.05, 4.69) is 165 Å². The normalized spacial score (nSPS) is 27.9. The SMILES string of the molecule is CC/C=C\C/C=C\C/C=C\C/C=C\C/C=C\C/C=C\C/C=C\C/C=C\C/C=C\C/C=C\CCCCCCCCCCCCC(=O)NC(COC1OC(CO)C(OC2OC(CO)C(OC3OC(CO)C(O)C(O)C3O)C(O)C2O)C(O)C1O)C(O)/C=C/CC/C=C/CC/C=C/CCC. The molecule has 550 valence electrons. The summed E-state index contributed by atoms with van der Waals surface area (Å²) in [6.45, 7) is 1.47. The van der Waals surface area contributed by atoms with Gasteiger partial charge in [0.1, 0.15) is 73.2 Å². The Labute approximate surface area is 580 Å². The number of carbonyl (C=O) groups is 1. The smallest absolute Gasteiger partial charge is 0.220 e. The van der Waals surface area contributed by atoms with Crippen LogP contribution in [0.5, 0.6) is 0 Å². The van der Waals surface area contributed by atoms with Crippen molar-refractivity contribution in [2.45, 2.75) is 298 Å². The summed E-state index contributed by atoms with van der Waals surface area (Å²) >= 11 is 0. The lowest BCUT2D eigenvalue weighted by molar-refractivity contribution is -0.379. The molecular formula is C78H125NO18. The number of nitrogens with one attached hydrogen (secondary N) is 1. The molecule has 97 heavy (non-hydrogen) atoms. The van der Waals surface area contributed by atoms with Gasteiger partial charge in [0, 0.05) is 6.42 Å². The third-order valence-corrected chi connectivity index (χ3v) is 16.8. The van der Waals surface area contributed by atoms with Gasteiger partial charge in [-0.1, -0.05) is 230 Å². The molecule has 12 N–H and O–H groups in total. The van der Waals surface area contributed by atoms with Gasteiger partial charge in [0.05, 0.1) is 38.6 Å². The van der Waals surface area contributed by atoms with Crippen molar-refractivity contribution in [3.63, 3.8) is 0 Å². The molecule has 0 aliphatic carbocycles. The number of rotatable bonds is 53. The van der Waals surface area contributed by atoms with Gasteiger partial charge in [-0.2, -0.15) is 0 Å². The fraction of sp³-hybridized carbons (Fsp3) is 0.654. The second-order valence-corrected chi connectivity index (χ2v) is 24.9. The van der Waals surface area contributed by atoms with Crippen LogP contribution in [-0.2, 0) is 33.2 Å². The minimum Gasteiger partial charge on any atom is -0.394 e. The molecule has 17 atom stereocenters. The monoisotopic (exact) mass is 1360 g/mol. The molecule has 0 aromatic heterocycles. The first-order valence-electron chi connectivity index (χ1n) is 36.2. The van der Waals surface area contributed by atoms with Gasteiger partial charge in [0.25, 0.3) is 0 Å². The van der Waals surface area contributed by atoms with Gasteiger partial charge in [-0.3, -0.25) is 4.79 Å². The number of hydrogen-bond donors (Lipinski definition) is 12. The van der Waals surface area contributed by atoms with Crippen LogP contribution >= 0.6 is 0 Å². The van der Waals surface area contributed by atoms with Crippen LogP contribution in [0.15, 0.2) is 158 Å². The molecule has 3 fully saturated rings. The maximum absolute atomic E-state index is 13.4. The molecule has 19 nitrogen and oxygen atoms in total. The molecule has 0 aromatic rings. The van der Waals surface area contributed by atoms with Gasteiger partial charge in [0.2, 0.25) is 5.91 Å². The Bertz CT molecular complexity index is 2370. The maximum atomic E-state index is 13.4. The Morgan fingerprint density at radius 1 is 0.381 bits per heavy atom. The van der Waals surface area contributed by atoms with Crippen molar-refractivity contribution in [3.8, 4) is 0 Å². The standard InChI is InChI=1S/C78H125NO18/c1-3-5-7-9-11-13-15-16-17-18-19-20-21-22-23-24-25-26-27-28-29-30-31-32-33-34-35-36-37-38-39-40-41-42-43-44-46-48-50-52-54-56-66(84)79-61(62(83)55-53-51-49-47-45-14-12-10-8-6-4-2)60-92-76-72(90)69(87)74(64(58-81)94-76)97-78-73(91)70(88)75(65(59-82)95-78)96-77-71(89)68(86)67(85)63(57-80)93-77/h5,7-8,10-11,13,16-17,19-20,22-23,25-26,28-29,31-32,34-35,37-38,45,47,53,55,61-65,67-78,80-83,85-91H,3-4,6,9,12,14-15,18,21,24,27,30,33,36,39-44,46,48-52,54,56-60H2,1-2H3,(H,79,84)/b7-5-,10-8+,13-11-,17-16-,20-19-,23-22-,26-25-,29-28-,32-31-,35-34-,38-37-,47-45+,55-53+. The third kappa shape index (κ3) is 38.1. The molecule has 0 saturated carbocycles. The number of aliphatic hydroxyl groups excluding tert-OH is 11. The number of allylic oxidation sites excluding steroid dienone is 25. The fourth-order valence-electron chi connectivity index (χ4n) is 11.0. The minimum atomic E-state index is -1.99. The second kappa shape index (κ2) is 57.1. The lowest BCUT2D eigenvalue weighted by atomic mass is 9.96. The number of unbranched alkanes of at least 4 members (excludes halogenated alkanes) is 13. The summed E-state index contributed by atoms with van der Waals surface area (Å²) in [7, 11) is 0. The number of amides is 1. The topological polar surface area (TPSA) is 307 Å². The van der Waals surface area contributed by atoms with Crippen molar-refractivity contribution < 1.29 is 89.4 Å². The molecule has 0 bridgehead atoms. The van der Waals surface area contributed by atoms with E-state index in [1.807, 2.05) is 6.08 Å². The van der Waals surface area contributed by atoms with E-state index in [0.29, 0.717) is 12.8 Å². The van der Waals surface area contributed by atoms with E-state index >= 15 is 0 Å². The Balaban J connectivity index is 1.32. The Morgan fingerprint density at radius 3 is 1.14 bits per heavy atom. The predicted molar refractivity (Wildman–Crippen MR) is 382 cm³/mol. The first kappa shape index (κ1) is 86.6. The Hall–Kier alpha value is -4.59. The summed E-state index contributed by atoms with van der Waals surface area (Å²) in [4.78, 5) is 13.4. The lowest BCUT2D eigenvalue weighted by Crippen LogP contribution is -2.66. The van der Waals surface area contributed by atoms with Crippen molar-refractivity contribution in [2.24, 2.45) is 0 Å². The lowest BCUT2D eigenvalue weighted by Gasteiger charge is -2.48. The molecule has 1 amide bonds. The van der Waals surface area contributed by atoms with E-state index in [0.717, 1.165) is 128 Å². The highest BCUT2D eigenvalue weighted by molar-refractivity contribution is 5.76. The van der Waals surface area contributed by atoms with Crippen molar-refractivity contribution >= 4 is 5.91 Å². The molecule has 0 aromatic carbocycles. The average molecular weight is 1360 g/mol. The first-order chi connectivity index (χ1) is 47.3. The van der Waals surface area contributed by atoms with Gasteiger partial charge < -0.3 is 89.9 Å². The quantitative estimate of drug-likeness (QED) is 0.0199. The van der Waals surface area contributed by atoms with E-state index < -0.39 is 124 Å². The largest absolute Gasteiger partial charge is 0.394 e. The maximum Gasteiger partial charge on any atom is 0.220 e. The highest BCUT2D eigenvalue weighted by Gasteiger charge is 2.53. The molecule has 3 saturated heterocycles. The van der Waals surface area contributed by atoms with Crippen molar-refractivity contribution in [1.29, 1.82) is 0 Å². The molecule has 17 unspecified atom stereocenters. The summed E-state index contributed by atoms with van der Waals surface area (Å²) in [6.07, 6.45) is 56.8. The fourth-order valence-corrected chi connectivity index (χ4v) is 11.0. The van der Waals surface area contributed by atoms with Gasteiger partial charge >= 0.3 is 0 Å². The molecule has 3 aliphatic heterocycles. The van der Waals surface area contributed by atoms with Crippen LogP contribution in [-0.4, -0.2) is 193 Å². The number of carbonyl (C=O) groups excluding carboxylic acids is 1. The summed E-state index contributed by atoms with van der Waals surface area (Å²) in [5, 5.41) is 120. The zero-order valence-electron chi connectivity index (χ0n) is 58.2. The van der Waals surface area contributed by atoms with Crippen LogP contribution in [0.3, 0.4) is 0 Å². The average Bonchev–Trinajstić information content (AvgIpc) is 0.790. The van der Waals surface area contributed by atoms with E-state index in [1.54, 1.807) is 6.08 Å². The molecule has 3 aliphatic rings. The van der Waals surface area contributed by atoms with Crippen LogP contribution in [0.1, 0.15) is 194 Å². The molecule has 0 spiro atoms. The van der Waals surface area contributed by atoms with E-state index in [1.165, 1.54) is 32.1 Å². The number of aliphatic hydroxyl groups is 11. The van der Waals surface area contributed by atoms with Gasteiger partial charge in [-0.15, -0.1) is 0 Å². The van der Waals surface area contributed by atoms with Crippen molar-refractivity contribution in [3.05, 3.63) is 158 Å². The molecule has 0 radical (unpaired) electrons. The molecule has 19 heteroatoms. The van der Waals surface area contributed by atoms with Crippen molar-refractivity contribution in [1.82, 2.24) is 5.32 Å². The van der Waals surface area contributed by atoms with Crippen LogP contribution in [0.25, 0.3) is 0 Å². The highest BCUT2D eigenvalue weighted by Crippen LogP contribution is 2.33. The number of hydrogen-bond acceptors (Lipinski definition) is 18. The zero-order valence-corrected chi connectivity index (χ0v) is 58.2.